The van der Waals surface area contributed by atoms with Crippen molar-refractivity contribution in [3.63, 3.8) is 0 Å². The fourth-order valence-corrected chi connectivity index (χ4v) is 10.8. The first-order valence-electron chi connectivity index (χ1n) is 22.7. The van der Waals surface area contributed by atoms with Gasteiger partial charge in [0.15, 0.2) is 0 Å². The van der Waals surface area contributed by atoms with Gasteiger partial charge in [0.05, 0.1) is 23.7 Å². The highest BCUT2D eigenvalue weighted by Crippen LogP contribution is 2.46. The first-order valence-corrected chi connectivity index (χ1v) is 22.7. The molecule has 2 saturated carbocycles. The Kier molecular flexibility index (Phi) is 17.3. The molecule has 7 N–H and O–H groups in total. The monoisotopic (exact) mass is 790 g/mol. The number of carboxylic acid groups (broad SMARTS) is 1. The average Bonchev–Trinajstić information content (AvgIpc) is 3.77. The molecule has 0 radical (unpaired) electrons. The van der Waals surface area contributed by atoms with Crippen molar-refractivity contribution in [2.24, 2.45) is 41.4 Å². The van der Waals surface area contributed by atoms with E-state index in [4.69, 9.17) is 5.73 Å². The van der Waals surface area contributed by atoms with E-state index in [9.17, 15) is 30.0 Å². The summed E-state index contributed by atoms with van der Waals surface area (Å²) in [6.45, 7) is 6.82. The summed E-state index contributed by atoms with van der Waals surface area (Å²) in [5.41, 5.74) is 8.42. The van der Waals surface area contributed by atoms with Crippen LogP contribution in [0.1, 0.15) is 166 Å². The molecule has 3 aliphatic rings. The van der Waals surface area contributed by atoms with Gasteiger partial charge < -0.3 is 31.1 Å². The van der Waals surface area contributed by atoms with E-state index in [0.717, 1.165) is 88.3 Å². The number of carboxylic acids is 1. The molecule has 5 rings (SSSR count). The number of nitrogens with two attached hydrogens (primary N) is 1. The van der Waals surface area contributed by atoms with Crippen LogP contribution >= 0.6 is 0 Å². The van der Waals surface area contributed by atoms with Crippen LogP contribution in [-0.4, -0.2) is 60.0 Å². The van der Waals surface area contributed by atoms with E-state index in [1.165, 1.54) is 24.8 Å². The number of hydrogen-bond donors (Lipinski definition) is 6. The van der Waals surface area contributed by atoms with Crippen molar-refractivity contribution in [3.05, 3.63) is 59.6 Å². The van der Waals surface area contributed by atoms with Gasteiger partial charge in [0.25, 0.3) is 0 Å². The summed E-state index contributed by atoms with van der Waals surface area (Å²) in [6, 6.07) is 6.13. The number of aliphatic hydroxyl groups excluding tert-OH is 2. The Morgan fingerprint density at radius 1 is 1.02 bits per heavy atom. The second-order valence-corrected chi connectivity index (χ2v) is 18.8. The molecule has 0 unspecified atom stereocenters. The molecule has 9 nitrogen and oxygen atoms in total. The summed E-state index contributed by atoms with van der Waals surface area (Å²) < 4.78 is 0. The number of aliphatic carboxylic acids is 1. The topological polar surface area (TPSA) is 170 Å². The Morgan fingerprint density at radius 3 is 2.51 bits per heavy atom. The summed E-state index contributed by atoms with van der Waals surface area (Å²) in [6.07, 6.45) is 24.4. The maximum Gasteiger partial charge on any atom is 0.309 e. The summed E-state index contributed by atoms with van der Waals surface area (Å²) in [4.78, 5) is 31.9. The maximum atomic E-state index is 12.4. The summed E-state index contributed by atoms with van der Waals surface area (Å²) >= 11 is 0. The van der Waals surface area contributed by atoms with Gasteiger partial charge in [-0.3, -0.25) is 9.59 Å². The molecule has 0 aliphatic heterocycles. The van der Waals surface area contributed by atoms with Crippen molar-refractivity contribution in [2.75, 3.05) is 5.73 Å². The zero-order valence-corrected chi connectivity index (χ0v) is 35.3. The molecule has 57 heavy (non-hydrogen) atoms. The number of aliphatic hydroxyl groups is 3. The van der Waals surface area contributed by atoms with E-state index >= 15 is 0 Å². The summed E-state index contributed by atoms with van der Waals surface area (Å²) in [5, 5.41) is 44.6. The van der Waals surface area contributed by atoms with Crippen molar-refractivity contribution in [1.82, 2.24) is 9.97 Å². The van der Waals surface area contributed by atoms with Crippen LogP contribution in [0.3, 0.4) is 0 Å². The molecular weight excluding hydrogens is 715 g/mol. The molecule has 2 aromatic heterocycles. The van der Waals surface area contributed by atoms with Crippen molar-refractivity contribution in [2.45, 2.75) is 179 Å². The van der Waals surface area contributed by atoms with E-state index in [1.807, 2.05) is 12.1 Å². The minimum absolute atomic E-state index is 0.0477. The second-order valence-electron chi connectivity index (χ2n) is 18.8. The van der Waals surface area contributed by atoms with E-state index < -0.39 is 23.6 Å². The molecule has 0 spiro atoms. The summed E-state index contributed by atoms with van der Waals surface area (Å²) in [7, 11) is 0. The minimum atomic E-state index is -1.04. The number of unbranched alkanes of at least 4 members (excludes halogenated alkanes) is 4. The number of rotatable bonds is 23. The van der Waals surface area contributed by atoms with Crippen LogP contribution < -0.4 is 5.73 Å². The molecule has 3 aliphatic carbocycles. The lowest BCUT2D eigenvalue weighted by Crippen LogP contribution is -2.37. The van der Waals surface area contributed by atoms with Gasteiger partial charge in [0.1, 0.15) is 11.6 Å². The predicted molar refractivity (Wildman–Crippen MR) is 228 cm³/mol. The number of carbonyl (C=O) groups is 2. The zero-order valence-electron chi connectivity index (χ0n) is 35.3. The number of nitrogens with one attached hydrogen (secondary N) is 1. The number of aromatic amines is 1. The minimum Gasteiger partial charge on any atom is -0.481 e. The number of pyridine rings is 1. The van der Waals surface area contributed by atoms with Gasteiger partial charge in [0.2, 0.25) is 0 Å². The number of H-pyrrole nitrogens is 1. The Morgan fingerprint density at radius 2 is 1.79 bits per heavy atom. The Labute approximate surface area is 342 Å². The largest absolute Gasteiger partial charge is 0.481 e. The molecule has 2 aromatic rings. The molecule has 2 fully saturated rings. The van der Waals surface area contributed by atoms with Gasteiger partial charge >= 0.3 is 5.97 Å². The zero-order chi connectivity index (χ0) is 41.0. The number of nitrogen functional groups attached to an aromatic ring is 1. The number of carbonyl (C=O) groups excluding carboxylic acids is 1. The third-order valence-electron chi connectivity index (χ3n) is 14.4. The predicted octanol–water partition coefficient (Wildman–Crippen LogP) is 9.35. The lowest BCUT2D eigenvalue weighted by molar-refractivity contribution is -0.146. The van der Waals surface area contributed by atoms with Crippen LogP contribution in [-0.2, 0) is 22.4 Å². The SMILES string of the molecule is CCCCC[C@@H]1C=C[C@@H](CCCCC[C@H](C(=O)O)[C@H](O)CC[C@@]2(O)C[C@@H](Cc3ccnc(N)c3)C[C@H]2Cc2cc([C@H](C)C[C@H](C)C3CCC(=O)CC3)c[nH]2)[C@H](O)C1. The van der Waals surface area contributed by atoms with Crippen LogP contribution in [0.15, 0.2) is 42.7 Å². The fourth-order valence-electron chi connectivity index (χ4n) is 10.8. The van der Waals surface area contributed by atoms with E-state index in [2.05, 4.69) is 55.2 Å². The molecule has 0 amide bonds. The van der Waals surface area contributed by atoms with Crippen LogP contribution in [0.25, 0.3) is 0 Å². The quantitative estimate of drug-likeness (QED) is 0.0478. The van der Waals surface area contributed by atoms with Crippen molar-refractivity contribution in [3.8, 4) is 0 Å². The molecule has 0 bridgehead atoms. The van der Waals surface area contributed by atoms with Crippen molar-refractivity contribution >= 4 is 17.6 Å². The normalized spacial score (nSPS) is 27.7. The molecule has 10 atom stereocenters. The fraction of sp³-hybridized carbons (Fsp3) is 0.729. The highest BCUT2D eigenvalue weighted by atomic mass is 16.4. The van der Waals surface area contributed by atoms with E-state index in [1.54, 1.807) is 6.20 Å². The number of allylic oxidation sites excluding steroid dienone is 1. The lowest BCUT2D eigenvalue weighted by Gasteiger charge is -2.32. The number of anilines is 1. The molecule has 318 valence electrons. The number of nitrogens with zero attached hydrogens (tertiary/aromatic N) is 1. The smallest absolute Gasteiger partial charge is 0.309 e. The van der Waals surface area contributed by atoms with Gasteiger partial charge in [-0.2, -0.15) is 0 Å². The molecule has 0 aromatic carbocycles. The van der Waals surface area contributed by atoms with Crippen LogP contribution in [0.2, 0.25) is 0 Å². The van der Waals surface area contributed by atoms with E-state index in [-0.39, 0.29) is 30.3 Å². The molecule has 9 heteroatoms. The first-order chi connectivity index (χ1) is 27.3. The second kappa shape index (κ2) is 21.8. The molecule has 2 heterocycles. The third-order valence-corrected chi connectivity index (χ3v) is 14.4. The van der Waals surface area contributed by atoms with Crippen LogP contribution in [0, 0.1) is 41.4 Å². The lowest BCUT2D eigenvalue weighted by atomic mass is 9.76. The average molecular weight is 790 g/mol. The number of Topliss-reactive ketones (excluding diaryl/α,β-unsaturated/α-hetero) is 1. The number of hydrogen-bond acceptors (Lipinski definition) is 7. The van der Waals surface area contributed by atoms with Gasteiger partial charge in [-0.05, 0) is 148 Å². The third kappa shape index (κ3) is 13.5. The van der Waals surface area contributed by atoms with E-state index in [0.29, 0.717) is 67.4 Å². The highest BCUT2D eigenvalue weighted by Gasteiger charge is 2.46. The van der Waals surface area contributed by atoms with Gasteiger partial charge in [-0.15, -0.1) is 0 Å². The maximum absolute atomic E-state index is 12.4. The van der Waals surface area contributed by atoms with Crippen molar-refractivity contribution in [1.29, 1.82) is 0 Å². The Bertz CT molecular complexity index is 1560. The Balaban J connectivity index is 1.14. The first kappa shape index (κ1) is 45.1. The highest BCUT2D eigenvalue weighted by molar-refractivity contribution is 5.79. The Hall–Kier alpha value is -3.01. The number of ketones is 1. The molecular formula is C48H75N3O6. The summed E-state index contributed by atoms with van der Waals surface area (Å²) in [5.74, 6) is 1.36. The standard InChI is InChI=1S/C48H75N3O6/c1-4-5-7-10-34-13-14-38(45(54)26-34)11-8-6-9-12-43(47(55)56)44(53)19-21-48(57)30-36(24-35-20-22-50-46(49)27-35)25-40(48)29-41-28-39(31-51-41)33(3)23-32(2)37-15-17-42(52)18-16-37/h13-14,20,22,27-28,31-34,36-38,40,43-45,51,53-54,57H,4-12,15-19,21,23-26,29-30H2,1-3H3,(H2,49,50)(H,55,56)/t32-,33+,34+,36-,38+,40-,43-,44+,45+,48+/m0/s1. The van der Waals surface area contributed by atoms with Crippen molar-refractivity contribution < 1.29 is 30.0 Å². The molecule has 0 saturated heterocycles. The van der Waals surface area contributed by atoms with Gasteiger partial charge in [-0.25, -0.2) is 4.98 Å². The van der Waals surface area contributed by atoms with Gasteiger partial charge in [0, 0.05) is 36.8 Å². The van der Waals surface area contributed by atoms with Crippen LogP contribution in [0.4, 0.5) is 5.82 Å². The van der Waals surface area contributed by atoms with Gasteiger partial charge in [-0.1, -0.05) is 71.4 Å². The van der Waals surface area contributed by atoms with Crippen LogP contribution in [0.5, 0.6) is 0 Å². The number of aromatic nitrogens is 2.